The fourth-order valence-electron chi connectivity index (χ4n) is 4.05. The molecular formula is C16H25N. The van der Waals surface area contributed by atoms with Gasteiger partial charge in [-0.25, -0.2) is 0 Å². The summed E-state index contributed by atoms with van der Waals surface area (Å²) in [7, 11) is 0. The Hall–Kier alpha value is -0.820. The molecule has 0 unspecified atom stereocenters. The molecule has 94 valence electrons. The van der Waals surface area contributed by atoms with Crippen molar-refractivity contribution in [1.82, 2.24) is 0 Å². The van der Waals surface area contributed by atoms with Gasteiger partial charge >= 0.3 is 0 Å². The average Bonchev–Trinajstić information content (AvgIpc) is 2.13. The lowest BCUT2D eigenvalue weighted by Crippen LogP contribution is -2.48. The number of nitrogens with two attached hydrogens (primary N) is 1. The van der Waals surface area contributed by atoms with E-state index in [9.17, 15) is 0 Å². The van der Waals surface area contributed by atoms with E-state index >= 15 is 0 Å². The maximum absolute atomic E-state index is 6.40. The van der Waals surface area contributed by atoms with Crippen molar-refractivity contribution in [3.8, 4) is 0 Å². The highest BCUT2D eigenvalue weighted by molar-refractivity contribution is 5.17. The van der Waals surface area contributed by atoms with Crippen LogP contribution < -0.4 is 5.73 Å². The van der Waals surface area contributed by atoms with Crippen molar-refractivity contribution >= 4 is 0 Å². The predicted octanol–water partition coefficient (Wildman–Crippen LogP) is 3.77. The Morgan fingerprint density at radius 3 is 2.41 bits per heavy atom. The molecule has 1 aromatic rings. The van der Waals surface area contributed by atoms with Gasteiger partial charge in [-0.05, 0) is 49.5 Å². The van der Waals surface area contributed by atoms with E-state index in [1.54, 1.807) is 0 Å². The maximum Gasteiger partial charge on any atom is 0.0133 e. The van der Waals surface area contributed by atoms with Gasteiger partial charge in [-0.15, -0.1) is 0 Å². The van der Waals surface area contributed by atoms with Gasteiger partial charge in [0.15, 0.2) is 0 Å². The Labute approximate surface area is 105 Å². The van der Waals surface area contributed by atoms with E-state index in [1.807, 2.05) is 0 Å². The molecule has 1 aromatic carbocycles. The van der Waals surface area contributed by atoms with Gasteiger partial charge < -0.3 is 5.73 Å². The summed E-state index contributed by atoms with van der Waals surface area (Å²) in [5.41, 5.74) is 8.22. The normalized spacial score (nSPS) is 38.0. The molecule has 1 heteroatoms. The molecular weight excluding hydrogens is 206 g/mol. The summed E-state index contributed by atoms with van der Waals surface area (Å²) >= 11 is 0. The first-order valence-corrected chi connectivity index (χ1v) is 6.71. The van der Waals surface area contributed by atoms with Crippen LogP contribution in [0.15, 0.2) is 30.3 Å². The van der Waals surface area contributed by atoms with Crippen molar-refractivity contribution in [2.75, 3.05) is 0 Å². The van der Waals surface area contributed by atoms with Gasteiger partial charge in [-0.1, -0.05) is 44.2 Å². The fraction of sp³-hybridized carbons (Fsp3) is 0.625. The molecule has 17 heavy (non-hydrogen) atoms. The molecule has 1 aliphatic carbocycles. The summed E-state index contributed by atoms with van der Waals surface area (Å²) in [5.74, 6) is 0.743. The molecule has 2 rings (SSSR count). The third-order valence-electron chi connectivity index (χ3n) is 3.96. The van der Waals surface area contributed by atoms with Gasteiger partial charge in [0.2, 0.25) is 0 Å². The van der Waals surface area contributed by atoms with E-state index in [4.69, 9.17) is 5.73 Å². The van der Waals surface area contributed by atoms with E-state index < -0.39 is 0 Å². The largest absolute Gasteiger partial charge is 0.325 e. The van der Waals surface area contributed by atoms with Crippen LogP contribution in [-0.2, 0) is 6.42 Å². The minimum absolute atomic E-state index is 0.0151. The third-order valence-corrected chi connectivity index (χ3v) is 3.96. The number of hydrogen-bond acceptors (Lipinski definition) is 1. The van der Waals surface area contributed by atoms with E-state index in [0.29, 0.717) is 5.41 Å². The minimum Gasteiger partial charge on any atom is -0.325 e. The van der Waals surface area contributed by atoms with Gasteiger partial charge in [0.1, 0.15) is 0 Å². The second kappa shape index (κ2) is 4.45. The Morgan fingerprint density at radius 2 is 1.82 bits per heavy atom. The van der Waals surface area contributed by atoms with Crippen LogP contribution in [0, 0.1) is 11.3 Å². The molecule has 2 N–H and O–H groups in total. The van der Waals surface area contributed by atoms with Crippen molar-refractivity contribution in [3.05, 3.63) is 35.9 Å². The lowest BCUT2D eigenvalue weighted by molar-refractivity contribution is 0.102. The molecule has 0 amide bonds. The molecule has 0 bridgehead atoms. The van der Waals surface area contributed by atoms with Gasteiger partial charge in [0, 0.05) is 5.54 Å². The summed E-state index contributed by atoms with van der Waals surface area (Å²) in [6.45, 7) is 6.96. The van der Waals surface area contributed by atoms with Gasteiger partial charge in [-0.3, -0.25) is 0 Å². The SMILES string of the molecule is C[C@@H]1C[C@@](C)(N)C[C@@](C)(Cc2ccccc2)C1. The molecule has 0 aliphatic heterocycles. The van der Waals surface area contributed by atoms with Crippen LogP contribution in [0.2, 0.25) is 0 Å². The highest BCUT2D eigenvalue weighted by atomic mass is 14.7. The van der Waals surface area contributed by atoms with Crippen LogP contribution in [0.5, 0.6) is 0 Å². The minimum atomic E-state index is 0.0151. The molecule has 0 heterocycles. The van der Waals surface area contributed by atoms with E-state index in [2.05, 4.69) is 51.1 Å². The summed E-state index contributed by atoms with van der Waals surface area (Å²) in [4.78, 5) is 0. The molecule has 0 saturated heterocycles. The highest BCUT2D eigenvalue weighted by Crippen LogP contribution is 2.44. The second-order valence-corrected chi connectivity index (χ2v) is 6.82. The van der Waals surface area contributed by atoms with Crippen LogP contribution in [0.3, 0.4) is 0 Å². The van der Waals surface area contributed by atoms with E-state index in [1.165, 1.54) is 12.0 Å². The van der Waals surface area contributed by atoms with Crippen molar-refractivity contribution in [2.24, 2.45) is 17.1 Å². The van der Waals surface area contributed by atoms with Gasteiger partial charge in [0.25, 0.3) is 0 Å². The van der Waals surface area contributed by atoms with E-state index in [-0.39, 0.29) is 5.54 Å². The standard InChI is InChI=1S/C16H25N/c1-13-9-15(2,12-16(3,17)10-13)11-14-7-5-4-6-8-14/h4-8,13H,9-12,17H2,1-3H3/t13-,15+,16+/m0/s1. The van der Waals surface area contributed by atoms with Crippen LogP contribution in [-0.4, -0.2) is 5.54 Å². The summed E-state index contributed by atoms with van der Waals surface area (Å²) in [5, 5.41) is 0. The van der Waals surface area contributed by atoms with Crippen molar-refractivity contribution < 1.29 is 0 Å². The van der Waals surface area contributed by atoms with Crippen molar-refractivity contribution in [3.63, 3.8) is 0 Å². The Balaban J connectivity index is 2.13. The number of hydrogen-bond donors (Lipinski definition) is 1. The molecule has 3 atom stereocenters. The van der Waals surface area contributed by atoms with Crippen molar-refractivity contribution in [2.45, 2.75) is 52.0 Å². The average molecular weight is 231 g/mol. The summed E-state index contributed by atoms with van der Waals surface area (Å²) in [6.07, 6.45) is 4.76. The Bertz CT molecular complexity index is 368. The molecule has 0 radical (unpaired) electrons. The fourth-order valence-corrected chi connectivity index (χ4v) is 4.05. The molecule has 0 aromatic heterocycles. The zero-order valence-electron chi connectivity index (χ0n) is 11.4. The predicted molar refractivity (Wildman–Crippen MR) is 73.9 cm³/mol. The number of benzene rings is 1. The zero-order valence-corrected chi connectivity index (χ0v) is 11.4. The molecule has 0 spiro atoms. The number of rotatable bonds is 2. The highest BCUT2D eigenvalue weighted by Gasteiger charge is 2.39. The zero-order chi connectivity index (χ0) is 12.5. The first-order chi connectivity index (χ1) is 7.89. The third kappa shape index (κ3) is 3.32. The molecule has 1 saturated carbocycles. The lowest BCUT2D eigenvalue weighted by Gasteiger charge is -2.46. The Kier molecular flexibility index (Phi) is 3.31. The molecule has 1 nitrogen and oxygen atoms in total. The first kappa shape index (κ1) is 12.6. The van der Waals surface area contributed by atoms with E-state index in [0.717, 1.165) is 25.2 Å². The first-order valence-electron chi connectivity index (χ1n) is 6.71. The topological polar surface area (TPSA) is 26.0 Å². The lowest BCUT2D eigenvalue weighted by atomic mass is 9.62. The molecule has 1 fully saturated rings. The maximum atomic E-state index is 6.40. The van der Waals surface area contributed by atoms with Crippen LogP contribution in [0.25, 0.3) is 0 Å². The van der Waals surface area contributed by atoms with Crippen molar-refractivity contribution in [1.29, 1.82) is 0 Å². The van der Waals surface area contributed by atoms with Crippen LogP contribution in [0.4, 0.5) is 0 Å². The summed E-state index contributed by atoms with van der Waals surface area (Å²) in [6, 6.07) is 10.8. The van der Waals surface area contributed by atoms with Gasteiger partial charge in [-0.2, -0.15) is 0 Å². The second-order valence-electron chi connectivity index (χ2n) is 6.82. The Morgan fingerprint density at radius 1 is 1.18 bits per heavy atom. The summed E-state index contributed by atoms with van der Waals surface area (Å²) < 4.78 is 0. The smallest absolute Gasteiger partial charge is 0.0133 e. The van der Waals surface area contributed by atoms with Crippen LogP contribution >= 0.6 is 0 Å². The molecule has 1 aliphatic rings. The van der Waals surface area contributed by atoms with Crippen LogP contribution in [0.1, 0.15) is 45.6 Å². The quantitative estimate of drug-likeness (QED) is 0.823. The monoisotopic (exact) mass is 231 g/mol. The van der Waals surface area contributed by atoms with Gasteiger partial charge in [0.05, 0.1) is 0 Å².